The zero-order chi connectivity index (χ0) is 22.3. The molecule has 0 amide bonds. The summed E-state index contributed by atoms with van der Waals surface area (Å²) < 4.78 is 11.9. The van der Waals surface area contributed by atoms with Gasteiger partial charge in [0.1, 0.15) is 24.1 Å². The van der Waals surface area contributed by atoms with Crippen molar-refractivity contribution in [1.82, 2.24) is 4.98 Å². The molecule has 3 aromatic carbocycles. The number of hydrogen-bond acceptors (Lipinski definition) is 5. The molecule has 0 saturated carbocycles. The number of nitrogens with zero attached hydrogens (tertiary/aromatic N) is 2. The van der Waals surface area contributed by atoms with Crippen molar-refractivity contribution >= 4 is 5.82 Å². The van der Waals surface area contributed by atoms with Gasteiger partial charge in [0.05, 0.1) is 6.61 Å². The highest BCUT2D eigenvalue weighted by Crippen LogP contribution is 2.40. The number of ether oxygens (including phenoxy) is 2. The number of nitriles is 1. The molecule has 1 aromatic heterocycles. The molecule has 4 rings (SSSR count). The van der Waals surface area contributed by atoms with Crippen LogP contribution in [0.5, 0.6) is 11.5 Å². The molecule has 1 heterocycles. The average molecular weight is 422 g/mol. The maximum Gasteiger partial charge on any atom is 0.161 e. The van der Waals surface area contributed by atoms with Crippen LogP contribution in [0, 0.1) is 11.3 Å². The van der Waals surface area contributed by atoms with Gasteiger partial charge in [-0.25, -0.2) is 4.98 Å². The van der Waals surface area contributed by atoms with Crippen LogP contribution < -0.4 is 15.2 Å². The van der Waals surface area contributed by atoms with Crippen LogP contribution in [0.4, 0.5) is 5.82 Å². The van der Waals surface area contributed by atoms with Gasteiger partial charge < -0.3 is 15.2 Å². The van der Waals surface area contributed by atoms with Crippen LogP contribution in [-0.2, 0) is 6.61 Å². The second kappa shape index (κ2) is 9.67. The lowest BCUT2D eigenvalue weighted by atomic mass is 9.92. The van der Waals surface area contributed by atoms with Crippen molar-refractivity contribution < 1.29 is 9.47 Å². The Bertz CT molecular complexity index is 1250. The number of nitrogens with two attached hydrogens (primary N) is 1. The number of pyridine rings is 1. The Morgan fingerprint density at radius 2 is 1.59 bits per heavy atom. The molecule has 32 heavy (non-hydrogen) atoms. The van der Waals surface area contributed by atoms with Crippen molar-refractivity contribution in [3.8, 4) is 39.8 Å². The fourth-order valence-corrected chi connectivity index (χ4v) is 3.56. The zero-order valence-electron chi connectivity index (χ0n) is 17.8. The van der Waals surface area contributed by atoms with E-state index < -0.39 is 0 Å². The van der Waals surface area contributed by atoms with Gasteiger partial charge in [-0.05, 0) is 35.7 Å². The third-order valence-corrected chi connectivity index (χ3v) is 5.07. The van der Waals surface area contributed by atoms with Gasteiger partial charge in [-0.15, -0.1) is 0 Å². The van der Waals surface area contributed by atoms with Gasteiger partial charge in [0, 0.05) is 17.3 Å². The van der Waals surface area contributed by atoms with Crippen LogP contribution in [0.15, 0.2) is 85.1 Å². The summed E-state index contributed by atoms with van der Waals surface area (Å²) in [6.07, 6.45) is 1.71. The number of benzene rings is 3. The molecule has 0 atom stereocenters. The van der Waals surface area contributed by atoms with E-state index in [0.717, 1.165) is 27.8 Å². The number of aromatic nitrogens is 1. The first-order chi connectivity index (χ1) is 15.7. The highest BCUT2D eigenvalue weighted by molar-refractivity contribution is 5.90. The Hall–Kier alpha value is -4.30. The highest BCUT2D eigenvalue weighted by Gasteiger charge is 2.18. The monoisotopic (exact) mass is 421 g/mol. The molecule has 0 aliphatic carbocycles. The second-order valence-electron chi connectivity index (χ2n) is 7.15. The van der Waals surface area contributed by atoms with Crippen LogP contribution in [0.2, 0.25) is 0 Å². The second-order valence-corrected chi connectivity index (χ2v) is 7.15. The van der Waals surface area contributed by atoms with Gasteiger partial charge in [0.25, 0.3) is 0 Å². The van der Waals surface area contributed by atoms with Crippen molar-refractivity contribution in [1.29, 1.82) is 5.26 Å². The summed E-state index contributed by atoms with van der Waals surface area (Å²) in [4.78, 5) is 4.25. The first-order valence-corrected chi connectivity index (χ1v) is 10.4. The maximum absolute atomic E-state index is 9.84. The molecule has 5 nitrogen and oxygen atoms in total. The van der Waals surface area contributed by atoms with Gasteiger partial charge in [0.2, 0.25) is 0 Å². The third kappa shape index (κ3) is 4.40. The number of rotatable bonds is 7. The molecular weight excluding hydrogens is 398 g/mol. The fraction of sp³-hybridized carbons (Fsp3) is 0.111. The molecule has 5 heteroatoms. The largest absolute Gasteiger partial charge is 0.490 e. The van der Waals surface area contributed by atoms with Crippen molar-refractivity contribution in [3.05, 3.63) is 96.2 Å². The molecule has 0 aliphatic rings. The first kappa shape index (κ1) is 21.0. The van der Waals surface area contributed by atoms with E-state index in [1.807, 2.05) is 85.8 Å². The molecule has 0 radical (unpaired) electrons. The van der Waals surface area contributed by atoms with Gasteiger partial charge >= 0.3 is 0 Å². The summed E-state index contributed by atoms with van der Waals surface area (Å²) in [6, 6.07) is 27.7. The number of hydrogen-bond donors (Lipinski definition) is 1. The average Bonchev–Trinajstić information content (AvgIpc) is 2.84. The summed E-state index contributed by atoms with van der Waals surface area (Å²) >= 11 is 0. The van der Waals surface area contributed by atoms with E-state index in [1.54, 1.807) is 6.20 Å². The molecular formula is C27H23N3O2. The Balaban J connectivity index is 1.79. The topological polar surface area (TPSA) is 81.2 Å². The van der Waals surface area contributed by atoms with Gasteiger partial charge in [-0.1, -0.05) is 66.7 Å². The minimum Gasteiger partial charge on any atom is -0.490 e. The minimum absolute atomic E-state index is 0.199. The van der Waals surface area contributed by atoms with Crippen molar-refractivity contribution in [2.45, 2.75) is 13.5 Å². The lowest BCUT2D eigenvalue weighted by Gasteiger charge is -2.17. The van der Waals surface area contributed by atoms with Crippen LogP contribution in [0.3, 0.4) is 0 Å². The van der Waals surface area contributed by atoms with Crippen LogP contribution in [0.25, 0.3) is 22.3 Å². The van der Waals surface area contributed by atoms with Crippen LogP contribution in [0.1, 0.15) is 18.1 Å². The quantitative estimate of drug-likeness (QED) is 0.405. The summed E-state index contributed by atoms with van der Waals surface area (Å²) in [6.45, 7) is 2.84. The van der Waals surface area contributed by atoms with Crippen LogP contribution >= 0.6 is 0 Å². The molecule has 4 aromatic rings. The maximum atomic E-state index is 9.84. The summed E-state index contributed by atoms with van der Waals surface area (Å²) in [5, 5.41) is 9.84. The molecule has 0 fully saturated rings. The third-order valence-electron chi connectivity index (χ3n) is 5.07. The molecule has 0 unspecified atom stereocenters. The number of nitrogen functional groups attached to an aromatic ring is 1. The van der Waals surface area contributed by atoms with Crippen molar-refractivity contribution in [2.24, 2.45) is 0 Å². The summed E-state index contributed by atoms with van der Waals surface area (Å²) in [7, 11) is 0. The molecule has 0 aliphatic heterocycles. The molecule has 0 saturated heterocycles. The predicted octanol–water partition coefficient (Wildman–Crippen LogP) is 5.85. The van der Waals surface area contributed by atoms with E-state index in [9.17, 15) is 5.26 Å². The predicted molar refractivity (Wildman–Crippen MR) is 126 cm³/mol. The Labute approximate surface area is 187 Å². The molecule has 158 valence electrons. The Morgan fingerprint density at radius 1 is 0.875 bits per heavy atom. The number of anilines is 1. The minimum atomic E-state index is 0.199. The van der Waals surface area contributed by atoms with E-state index >= 15 is 0 Å². The van der Waals surface area contributed by atoms with Gasteiger partial charge in [-0.2, -0.15) is 5.26 Å². The van der Waals surface area contributed by atoms with Gasteiger partial charge in [-0.3, -0.25) is 0 Å². The van der Waals surface area contributed by atoms with E-state index in [1.165, 1.54) is 0 Å². The summed E-state index contributed by atoms with van der Waals surface area (Å²) in [5.41, 5.74) is 10.8. The van der Waals surface area contributed by atoms with E-state index in [2.05, 4.69) is 11.1 Å². The fourth-order valence-electron chi connectivity index (χ4n) is 3.56. The first-order valence-electron chi connectivity index (χ1n) is 10.4. The Kier molecular flexibility index (Phi) is 6.33. The van der Waals surface area contributed by atoms with Crippen molar-refractivity contribution in [3.63, 3.8) is 0 Å². The molecule has 0 bridgehead atoms. The van der Waals surface area contributed by atoms with Crippen LogP contribution in [-0.4, -0.2) is 11.6 Å². The lowest BCUT2D eigenvalue weighted by molar-refractivity contribution is 0.269. The van der Waals surface area contributed by atoms with E-state index in [-0.39, 0.29) is 5.82 Å². The lowest BCUT2D eigenvalue weighted by Crippen LogP contribution is -2.02. The SMILES string of the molecule is CCOc1cc(-c2c(-c3ccccc3)cnc(N)c2C#N)ccc1OCc1ccccc1. The zero-order valence-corrected chi connectivity index (χ0v) is 17.8. The molecule has 0 spiro atoms. The Morgan fingerprint density at radius 3 is 2.28 bits per heavy atom. The highest BCUT2D eigenvalue weighted by atomic mass is 16.5. The normalized spacial score (nSPS) is 10.4. The molecule has 2 N–H and O–H groups in total. The van der Waals surface area contributed by atoms with Crippen molar-refractivity contribution in [2.75, 3.05) is 12.3 Å². The van der Waals surface area contributed by atoms with E-state index in [0.29, 0.717) is 30.3 Å². The standard InChI is InChI=1S/C27H23N3O2/c1-2-31-25-15-21(13-14-24(25)32-18-19-9-5-3-6-10-19)26-22(16-28)27(29)30-17-23(26)20-11-7-4-8-12-20/h3-15,17H,2,18H2,1H3,(H2,29,30). The summed E-state index contributed by atoms with van der Waals surface area (Å²) in [5.74, 6) is 1.45. The van der Waals surface area contributed by atoms with E-state index in [4.69, 9.17) is 15.2 Å². The van der Waals surface area contributed by atoms with Gasteiger partial charge in [0.15, 0.2) is 11.5 Å². The smallest absolute Gasteiger partial charge is 0.161 e.